The maximum Gasteiger partial charge on any atom is 0.326 e. The lowest BCUT2D eigenvalue weighted by molar-refractivity contribution is 0.395. The van der Waals surface area contributed by atoms with E-state index in [2.05, 4.69) is 19.6 Å². The average Bonchev–Trinajstić information content (AvgIpc) is 3.09. The molecule has 0 aliphatic carbocycles. The van der Waals surface area contributed by atoms with Gasteiger partial charge in [0.25, 0.3) is 0 Å². The summed E-state index contributed by atoms with van der Waals surface area (Å²) >= 11 is 0. The van der Waals surface area contributed by atoms with Crippen molar-refractivity contribution >= 4 is 26.9 Å². The van der Waals surface area contributed by atoms with Crippen molar-refractivity contribution in [1.29, 1.82) is 0 Å². The Balaban J connectivity index is 1.43. The van der Waals surface area contributed by atoms with Gasteiger partial charge >= 0.3 is 5.69 Å². The minimum atomic E-state index is -3.57. The highest BCUT2D eigenvalue weighted by atomic mass is 32.2. The molecule has 166 valence electrons. The Hall–Kier alpha value is -2.65. The van der Waals surface area contributed by atoms with Gasteiger partial charge in [-0.05, 0) is 50.5 Å². The molecule has 0 saturated carbocycles. The summed E-state index contributed by atoms with van der Waals surface area (Å²) in [5, 5.41) is 0. The van der Waals surface area contributed by atoms with Crippen LogP contribution in [0.3, 0.4) is 0 Å². The Kier molecular flexibility index (Phi) is 6.15. The van der Waals surface area contributed by atoms with Crippen molar-refractivity contribution in [3.63, 3.8) is 0 Å². The molecule has 0 spiro atoms. The number of imidazole rings is 1. The predicted octanol–water partition coefficient (Wildman–Crippen LogP) is 3.03. The zero-order valence-corrected chi connectivity index (χ0v) is 18.7. The second-order valence-electron chi connectivity index (χ2n) is 8.20. The molecular formula is C22H29N5O3S. The molecule has 1 aromatic carbocycles. The number of hydrogen-bond donors (Lipinski definition) is 2. The van der Waals surface area contributed by atoms with Gasteiger partial charge in [-0.3, -0.25) is 4.57 Å². The fraction of sp³-hybridized carbons (Fsp3) is 0.455. The predicted molar refractivity (Wildman–Crippen MR) is 122 cm³/mol. The number of anilines is 1. The van der Waals surface area contributed by atoms with Gasteiger partial charge in [0.2, 0.25) is 10.0 Å². The summed E-state index contributed by atoms with van der Waals surface area (Å²) in [6, 6.07) is 11.1. The summed E-state index contributed by atoms with van der Waals surface area (Å²) in [5.41, 5.74) is 1.72. The normalized spacial score (nSPS) is 16.6. The summed E-state index contributed by atoms with van der Waals surface area (Å²) < 4.78 is 29.6. The first kappa shape index (κ1) is 21.6. The number of aromatic amines is 1. The lowest BCUT2D eigenvalue weighted by Gasteiger charge is -2.33. The van der Waals surface area contributed by atoms with Crippen LogP contribution in [0.25, 0.3) is 11.0 Å². The van der Waals surface area contributed by atoms with Crippen LogP contribution in [-0.4, -0.2) is 42.1 Å². The first-order valence-electron chi connectivity index (χ1n) is 10.8. The monoisotopic (exact) mass is 443 g/mol. The number of H-pyrrole nitrogens is 1. The summed E-state index contributed by atoms with van der Waals surface area (Å²) in [7, 11) is -3.57. The molecule has 0 amide bonds. The first-order valence-corrected chi connectivity index (χ1v) is 12.3. The van der Waals surface area contributed by atoms with E-state index in [0.717, 1.165) is 55.6 Å². The number of pyridine rings is 1. The van der Waals surface area contributed by atoms with Crippen LogP contribution in [0.2, 0.25) is 0 Å². The molecule has 1 aliphatic heterocycles. The molecule has 0 bridgehead atoms. The number of piperidine rings is 1. The minimum absolute atomic E-state index is 0.0721. The molecule has 31 heavy (non-hydrogen) atoms. The molecule has 1 saturated heterocycles. The van der Waals surface area contributed by atoms with Crippen LogP contribution >= 0.6 is 0 Å². The Morgan fingerprint density at radius 2 is 1.94 bits per heavy atom. The molecule has 0 radical (unpaired) electrons. The number of hydrogen-bond acceptors (Lipinski definition) is 5. The molecule has 4 rings (SSSR count). The molecule has 3 aromatic rings. The van der Waals surface area contributed by atoms with Crippen molar-refractivity contribution in [2.75, 3.05) is 18.0 Å². The standard InChI is InChI=1S/C22H29N5O3S/c1-3-6-16(2)25-31(29,30)18-9-10-21(23-15-18)26-13-11-17(12-14-26)27-20-8-5-4-7-19(20)24-22(27)28/h4-5,7-10,15-17,25H,3,6,11-14H2,1-2H3,(H,24,28). The average molecular weight is 444 g/mol. The third kappa shape index (κ3) is 4.52. The van der Waals surface area contributed by atoms with Gasteiger partial charge in [-0.2, -0.15) is 0 Å². The maximum absolute atomic E-state index is 12.5. The van der Waals surface area contributed by atoms with Crippen molar-refractivity contribution in [2.45, 2.75) is 56.5 Å². The van der Waals surface area contributed by atoms with Crippen LogP contribution in [0.4, 0.5) is 5.82 Å². The van der Waals surface area contributed by atoms with Crippen LogP contribution in [0.15, 0.2) is 52.3 Å². The van der Waals surface area contributed by atoms with E-state index in [9.17, 15) is 13.2 Å². The molecule has 3 heterocycles. The van der Waals surface area contributed by atoms with Gasteiger partial charge in [0.15, 0.2) is 0 Å². The molecule has 2 aromatic heterocycles. The van der Waals surface area contributed by atoms with E-state index in [1.807, 2.05) is 42.7 Å². The lowest BCUT2D eigenvalue weighted by atomic mass is 10.0. The van der Waals surface area contributed by atoms with Crippen molar-refractivity contribution in [1.82, 2.24) is 19.3 Å². The summed E-state index contributed by atoms with van der Waals surface area (Å²) in [6.45, 7) is 5.40. The van der Waals surface area contributed by atoms with Crippen molar-refractivity contribution in [3.05, 3.63) is 53.1 Å². The highest BCUT2D eigenvalue weighted by Crippen LogP contribution is 2.27. The van der Waals surface area contributed by atoms with Gasteiger partial charge < -0.3 is 9.88 Å². The fourth-order valence-electron chi connectivity index (χ4n) is 4.33. The van der Waals surface area contributed by atoms with Crippen LogP contribution < -0.4 is 15.3 Å². The Morgan fingerprint density at radius 3 is 2.61 bits per heavy atom. The highest BCUT2D eigenvalue weighted by Gasteiger charge is 2.25. The molecule has 8 nitrogen and oxygen atoms in total. The van der Waals surface area contributed by atoms with Crippen molar-refractivity contribution in [3.8, 4) is 0 Å². The van der Waals surface area contributed by atoms with E-state index in [1.165, 1.54) is 6.20 Å². The number of benzene rings is 1. The maximum atomic E-state index is 12.5. The third-order valence-electron chi connectivity index (χ3n) is 5.89. The van der Waals surface area contributed by atoms with Gasteiger partial charge in [0, 0.05) is 31.4 Å². The molecule has 1 fully saturated rings. The van der Waals surface area contributed by atoms with Crippen LogP contribution in [-0.2, 0) is 10.0 Å². The van der Waals surface area contributed by atoms with Gasteiger partial charge in [-0.25, -0.2) is 22.9 Å². The van der Waals surface area contributed by atoms with Gasteiger partial charge in [-0.15, -0.1) is 0 Å². The number of aromatic nitrogens is 3. The van der Waals surface area contributed by atoms with Gasteiger partial charge in [-0.1, -0.05) is 25.5 Å². The van der Waals surface area contributed by atoms with Crippen LogP contribution in [0.5, 0.6) is 0 Å². The van der Waals surface area contributed by atoms with Crippen molar-refractivity contribution < 1.29 is 8.42 Å². The first-order chi connectivity index (χ1) is 14.9. The number of nitrogens with zero attached hydrogens (tertiary/aromatic N) is 3. The summed E-state index contributed by atoms with van der Waals surface area (Å²) in [4.78, 5) is 22.1. The molecule has 1 atom stereocenters. The number of fused-ring (bicyclic) bond motifs is 1. The zero-order valence-electron chi connectivity index (χ0n) is 17.9. The molecule has 9 heteroatoms. The zero-order chi connectivity index (χ0) is 22.0. The SMILES string of the molecule is CCCC(C)NS(=O)(=O)c1ccc(N2CCC(n3c(=O)[nH]c4ccccc43)CC2)nc1. The Morgan fingerprint density at radius 1 is 1.19 bits per heavy atom. The Labute approximate surface area is 182 Å². The third-order valence-corrected chi connectivity index (χ3v) is 7.46. The lowest BCUT2D eigenvalue weighted by Crippen LogP contribution is -2.37. The number of rotatable bonds is 7. The van der Waals surface area contributed by atoms with Crippen LogP contribution in [0.1, 0.15) is 45.6 Å². The summed E-state index contributed by atoms with van der Waals surface area (Å²) in [6.07, 6.45) is 4.77. The molecular weight excluding hydrogens is 414 g/mol. The molecule has 2 N–H and O–H groups in total. The number of sulfonamides is 1. The minimum Gasteiger partial charge on any atom is -0.356 e. The van der Waals surface area contributed by atoms with E-state index in [4.69, 9.17) is 0 Å². The summed E-state index contributed by atoms with van der Waals surface area (Å²) in [5.74, 6) is 0.755. The second-order valence-corrected chi connectivity index (χ2v) is 9.91. The Bertz CT molecular complexity index is 1190. The number of nitrogens with one attached hydrogen (secondary N) is 2. The largest absolute Gasteiger partial charge is 0.356 e. The van der Waals surface area contributed by atoms with E-state index in [1.54, 1.807) is 12.1 Å². The van der Waals surface area contributed by atoms with Crippen molar-refractivity contribution in [2.24, 2.45) is 0 Å². The second kappa shape index (κ2) is 8.84. The topological polar surface area (TPSA) is 100 Å². The van der Waals surface area contributed by atoms with E-state index in [0.29, 0.717) is 0 Å². The van der Waals surface area contributed by atoms with Gasteiger partial charge in [0.05, 0.1) is 11.0 Å². The smallest absolute Gasteiger partial charge is 0.326 e. The van der Waals surface area contributed by atoms with Gasteiger partial charge in [0.1, 0.15) is 10.7 Å². The fourth-order valence-corrected chi connectivity index (χ4v) is 5.56. The molecule has 1 unspecified atom stereocenters. The quantitative estimate of drug-likeness (QED) is 0.585. The molecule has 1 aliphatic rings. The highest BCUT2D eigenvalue weighted by molar-refractivity contribution is 7.89. The van der Waals surface area contributed by atoms with E-state index in [-0.39, 0.29) is 22.7 Å². The van der Waals surface area contributed by atoms with E-state index < -0.39 is 10.0 Å². The van der Waals surface area contributed by atoms with E-state index >= 15 is 0 Å². The number of para-hydroxylation sites is 2. The van der Waals surface area contributed by atoms with Crippen LogP contribution in [0, 0.1) is 0 Å².